The van der Waals surface area contributed by atoms with Crippen molar-refractivity contribution in [3.8, 4) is 0 Å². The second-order valence-corrected chi connectivity index (χ2v) is 5.74. The summed E-state index contributed by atoms with van der Waals surface area (Å²) >= 11 is 0. The van der Waals surface area contributed by atoms with Crippen molar-refractivity contribution in [1.82, 2.24) is 15.2 Å². The van der Waals surface area contributed by atoms with E-state index in [-0.39, 0.29) is 29.9 Å². The minimum absolute atomic E-state index is 0. The van der Waals surface area contributed by atoms with Crippen LogP contribution < -0.4 is 10.9 Å². The molecule has 3 rings (SSSR count). The smallest absolute Gasteiger partial charge is 0.255 e. The molecule has 6 heteroatoms. The fraction of sp³-hybridized carbons (Fsp3) is 0.412. The van der Waals surface area contributed by atoms with Gasteiger partial charge in [0.1, 0.15) is 0 Å². The van der Waals surface area contributed by atoms with E-state index in [1.165, 1.54) is 6.07 Å². The summed E-state index contributed by atoms with van der Waals surface area (Å²) in [4.78, 5) is 29.6. The number of halogens is 1. The molecule has 5 nitrogen and oxygen atoms in total. The molecule has 2 N–H and O–H groups in total. The zero-order valence-corrected chi connectivity index (χ0v) is 14.0. The maximum absolute atomic E-state index is 13.0. The lowest BCUT2D eigenvalue weighted by Gasteiger charge is -2.28. The van der Waals surface area contributed by atoms with Crippen LogP contribution in [0, 0.1) is 0 Å². The second-order valence-electron chi connectivity index (χ2n) is 5.74. The van der Waals surface area contributed by atoms with E-state index < -0.39 is 0 Å². The molecule has 0 aliphatic carbocycles. The third-order valence-electron chi connectivity index (χ3n) is 4.18. The van der Waals surface area contributed by atoms with Gasteiger partial charge in [0.05, 0.1) is 5.56 Å². The third-order valence-corrected chi connectivity index (χ3v) is 4.18. The zero-order chi connectivity index (χ0) is 15.5. The largest absolute Gasteiger partial charge is 0.334 e. The van der Waals surface area contributed by atoms with Crippen LogP contribution in [0.3, 0.4) is 0 Å². The molecular weight excluding hydrogens is 314 g/mol. The Labute approximate surface area is 141 Å². The molecule has 1 aromatic carbocycles. The van der Waals surface area contributed by atoms with E-state index in [1.54, 1.807) is 0 Å². The lowest BCUT2D eigenvalue weighted by atomic mass is 10.1. The summed E-state index contributed by atoms with van der Waals surface area (Å²) < 4.78 is 0. The van der Waals surface area contributed by atoms with Gasteiger partial charge in [-0.2, -0.15) is 0 Å². The first-order valence-corrected chi connectivity index (χ1v) is 7.84. The minimum atomic E-state index is -0.233. The lowest BCUT2D eigenvalue weighted by Crippen LogP contribution is -2.42. The van der Waals surface area contributed by atoms with Gasteiger partial charge in [-0.25, -0.2) is 0 Å². The first kappa shape index (κ1) is 17.5. The highest BCUT2D eigenvalue weighted by molar-refractivity contribution is 6.06. The number of amides is 1. The van der Waals surface area contributed by atoms with Crippen molar-refractivity contribution in [2.24, 2.45) is 0 Å². The molecule has 1 amide bonds. The van der Waals surface area contributed by atoms with Gasteiger partial charge in [-0.15, -0.1) is 12.4 Å². The second kappa shape index (κ2) is 7.62. The summed E-state index contributed by atoms with van der Waals surface area (Å²) in [5.74, 6) is -0.0437. The molecular formula is C17H22ClN3O2. The van der Waals surface area contributed by atoms with E-state index in [0.29, 0.717) is 17.6 Å². The van der Waals surface area contributed by atoms with Crippen molar-refractivity contribution >= 4 is 29.2 Å². The SMILES string of the molecule is CCCN(C(=O)c1cc(=O)[nH]c2ccccc12)C1CCNC1.Cl. The summed E-state index contributed by atoms with van der Waals surface area (Å²) in [7, 11) is 0. The third kappa shape index (κ3) is 3.57. The molecule has 1 atom stereocenters. The van der Waals surface area contributed by atoms with E-state index in [4.69, 9.17) is 0 Å². The molecule has 124 valence electrons. The van der Waals surface area contributed by atoms with E-state index in [0.717, 1.165) is 31.3 Å². The molecule has 1 unspecified atom stereocenters. The topological polar surface area (TPSA) is 65.2 Å². The molecule has 23 heavy (non-hydrogen) atoms. The molecule has 0 spiro atoms. The van der Waals surface area contributed by atoms with Crippen LogP contribution >= 0.6 is 12.4 Å². The predicted molar refractivity (Wildman–Crippen MR) is 94.4 cm³/mol. The van der Waals surface area contributed by atoms with Gasteiger partial charge in [0.2, 0.25) is 5.56 Å². The number of carbonyl (C=O) groups excluding carboxylic acids is 1. The molecule has 1 saturated heterocycles. The van der Waals surface area contributed by atoms with E-state index in [1.807, 2.05) is 29.2 Å². The number of fused-ring (bicyclic) bond motifs is 1. The quantitative estimate of drug-likeness (QED) is 0.900. The average Bonchev–Trinajstić information content (AvgIpc) is 3.05. The number of pyridine rings is 1. The van der Waals surface area contributed by atoms with Crippen molar-refractivity contribution in [1.29, 1.82) is 0 Å². The first-order valence-electron chi connectivity index (χ1n) is 7.84. The van der Waals surface area contributed by atoms with Crippen molar-refractivity contribution in [3.63, 3.8) is 0 Å². The number of aromatic amines is 1. The van der Waals surface area contributed by atoms with Gasteiger partial charge in [0.25, 0.3) is 5.91 Å². The van der Waals surface area contributed by atoms with Gasteiger partial charge in [-0.3, -0.25) is 9.59 Å². The van der Waals surface area contributed by atoms with Crippen LogP contribution in [0.1, 0.15) is 30.1 Å². The Morgan fingerprint density at radius 3 is 2.83 bits per heavy atom. The molecule has 1 aliphatic rings. The van der Waals surface area contributed by atoms with E-state index in [9.17, 15) is 9.59 Å². The van der Waals surface area contributed by atoms with Crippen LogP contribution in [-0.4, -0.2) is 41.5 Å². The average molecular weight is 336 g/mol. The highest BCUT2D eigenvalue weighted by Gasteiger charge is 2.27. The summed E-state index contributed by atoms with van der Waals surface area (Å²) in [6.07, 6.45) is 1.87. The minimum Gasteiger partial charge on any atom is -0.334 e. The Kier molecular flexibility index (Phi) is 5.80. The number of nitrogens with one attached hydrogen (secondary N) is 2. The predicted octanol–water partition coefficient (Wildman–Crippen LogP) is 2.16. The molecule has 0 bridgehead atoms. The fourth-order valence-corrected chi connectivity index (χ4v) is 3.13. The summed E-state index contributed by atoms with van der Waals surface area (Å²) in [5, 5.41) is 4.11. The number of aromatic nitrogens is 1. The Morgan fingerprint density at radius 2 is 2.13 bits per heavy atom. The summed E-state index contributed by atoms with van der Waals surface area (Å²) in [5.41, 5.74) is 0.974. The highest BCUT2D eigenvalue weighted by Crippen LogP contribution is 2.19. The molecule has 2 heterocycles. The van der Waals surface area contributed by atoms with Crippen LogP contribution in [0.5, 0.6) is 0 Å². The van der Waals surface area contributed by atoms with Crippen LogP contribution in [0.25, 0.3) is 10.9 Å². The van der Waals surface area contributed by atoms with Gasteiger partial charge in [-0.1, -0.05) is 25.1 Å². The summed E-state index contributed by atoms with van der Waals surface area (Å²) in [6.45, 7) is 4.55. The number of H-pyrrole nitrogens is 1. The number of para-hydroxylation sites is 1. The van der Waals surface area contributed by atoms with Gasteiger partial charge in [0, 0.05) is 36.1 Å². The Morgan fingerprint density at radius 1 is 1.35 bits per heavy atom. The van der Waals surface area contributed by atoms with Crippen LogP contribution in [0.4, 0.5) is 0 Å². The van der Waals surface area contributed by atoms with Crippen molar-refractivity contribution in [2.45, 2.75) is 25.8 Å². The van der Waals surface area contributed by atoms with Crippen LogP contribution in [0.15, 0.2) is 35.1 Å². The number of carbonyl (C=O) groups is 1. The number of nitrogens with zero attached hydrogens (tertiary/aromatic N) is 1. The number of hydrogen-bond acceptors (Lipinski definition) is 3. The fourth-order valence-electron chi connectivity index (χ4n) is 3.13. The van der Waals surface area contributed by atoms with Gasteiger partial charge in [-0.05, 0) is 25.5 Å². The highest BCUT2D eigenvalue weighted by atomic mass is 35.5. The first-order chi connectivity index (χ1) is 10.7. The monoisotopic (exact) mass is 335 g/mol. The van der Waals surface area contributed by atoms with Crippen molar-refractivity contribution < 1.29 is 4.79 Å². The van der Waals surface area contributed by atoms with Gasteiger partial charge in [0.15, 0.2) is 0 Å². The number of rotatable bonds is 4. The Balaban J connectivity index is 0.00000192. The Bertz CT molecular complexity index is 738. The molecule has 1 aliphatic heterocycles. The maximum atomic E-state index is 13.0. The molecule has 2 aromatic rings. The molecule has 1 fully saturated rings. The normalized spacial score (nSPS) is 17.0. The van der Waals surface area contributed by atoms with E-state index in [2.05, 4.69) is 17.2 Å². The Hall–Kier alpha value is -1.85. The molecule has 0 radical (unpaired) electrons. The molecule has 1 aromatic heterocycles. The zero-order valence-electron chi connectivity index (χ0n) is 13.2. The van der Waals surface area contributed by atoms with E-state index >= 15 is 0 Å². The van der Waals surface area contributed by atoms with Crippen molar-refractivity contribution in [2.75, 3.05) is 19.6 Å². The maximum Gasteiger partial charge on any atom is 0.255 e. The van der Waals surface area contributed by atoms with Crippen molar-refractivity contribution in [3.05, 3.63) is 46.2 Å². The standard InChI is InChI=1S/C17H21N3O2.ClH/c1-2-9-20(12-7-8-18-11-12)17(22)14-10-16(21)19-15-6-4-3-5-13(14)15;/h3-6,10,12,18H,2,7-9,11H2,1H3,(H,19,21);1H. The summed E-state index contributed by atoms with van der Waals surface area (Å²) in [6, 6.07) is 9.10. The molecule has 0 saturated carbocycles. The lowest BCUT2D eigenvalue weighted by molar-refractivity contribution is 0.0694. The van der Waals surface area contributed by atoms with Crippen LogP contribution in [-0.2, 0) is 0 Å². The van der Waals surface area contributed by atoms with Crippen LogP contribution in [0.2, 0.25) is 0 Å². The number of benzene rings is 1. The number of hydrogen-bond donors (Lipinski definition) is 2. The van der Waals surface area contributed by atoms with Gasteiger partial charge < -0.3 is 15.2 Å². The van der Waals surface area contributed by atoms with Gasteiger partial charge >= 0.3 is 0 Å².